The van der Waals surface area contributed by atoms with Crippen molar-refractivity contribution in [1.82, 2.24) is 0 Å². The van der Waals surface area contributed by atoms with Gasteiger partial charge in [0.05, 0.1) is 7.11 Å². The lowest BCUT2D eigenvalue weighted by Crippen LogP contribution is -2.44. The van der Waals surface area contributed by atoms with Gasteiger partial charge >= 0.3 is 5.97 Å². The van der Waals surface area contributed by atoms with E-state index in [1.807, 2.05) is 0 Å². The molecular weight excluding hydrogens is 261 g/mol. The fourth-order valence-corrected chi connectivity index (χ4v) is 2.24. The van der Waals surface area contributed by atoms with Crippen LogP contribution in [0.5, 0.6) is 0 Å². The first-order chi connectivity index (χ1) is 7.56. The van der Waals surface area contributed by atoms with Crippen molar-refractivity contribution in [3.05, 3.63) is 0 Å². The number of methoxy groups -OCH3 is 1. The van der Waals surface area contributed by atoms with Crippen LogP contribution >= 0.6 is 0 Å². The van der Waals surface area contributed by atoms with Gasteiger partial charge in [0.25, 0.3) is 16.6 Å². The Morgan fingerprint density at radius 3 is 2.35 bits per heavy atom. The van der Waals surface area contributed by atoms with E-state index in [-0.39, 0.29) is 6.47 Å². The van der Waals surface area contributed by atoms with Crippen LogP contribution in [0, 0.1) is 0 Å². The molecule has 0 amide bonds. The summed E-state index contributed by atoms with van der Waals surface area (Å²) in [5.41, 5.74) is 0.891. The van der Waals surface area contributed by atoms with Gasteiger partial charge < -0.3 is 15.6 Å². The highest BCUT2D eigenvalue weighted by Gasteiger charge is 2.74. The number of carbonyl (C=O) groups excluding carboxylic acids is 1. The third-order valence-electron chi connectivity index (χ3n) is 2.19. The van der Waals surface area contributed by atoms with Crippen molar-refractivity contribution in [1.29, 1.82) is 0 Å². The fraction of sp³-hybridized carbons (Fsp3) is 0.714. The van der Waals surface area contributed by atoms with Gasteiger partial charge in [0, 0.05) is 6.42 Å². The molecule has 1 aliphatic rings. The number of esters is 1. The lowest BCUT2D eigenvalue weighted by atomic mass is 10.2. The molecule has 8 nitrogen and oxygen atoms in total. The molecule has 0 spiro atoms. The van der Waals surface area contributed by atoms with Crippen LogP contribution in [0.25, 0.3) is 0 Å². The number of rotatable bonds is 3. The van der Waals surface area contributed by atoms with Crippen LogP contribution < -0.4 is 5.73 Å². The first-order valence-corrected chi connectivity index (χ1v) is 5.76. The average molecular weight is 273 g/mol. The van der Waals surface area contributed by atoms with Crippen LogP contribution in [0.3, 0.4) is 0 Å². The Hall–Kier alpha value is -1.26. The van der Waals surface area contributed by atoms with E-state index in [1.165, 1.54) is 0 Å². The van der Waals surface area contributed by atoms with Crippen molar-refractivity contribution in [2.24, 2.45) is 5.73 Å². The SMILES string of the molecule is COC(=O)[C@]1(N)C[C@@]1(F)CS(=O)(=O)O.O=CO. The van der Waals surface area contributed by atoms with Crippen molar-refractivity contribution in [2.75, 3.05) is 12.9 Å². The molecule has 1 fully saturated rings. The van der Waals surface area contributed by atoms with E-state index in [9.17, 15) is 17.6 Å². The van der Waals surface area contributed by atoms with Crippen molar-refractivity contribution in [3.8, 4) is 0 Å². The molecule has 17 heavy (non-hydrogen) atoms. The first kappa shape index (κ1) is 15.7. The van der Waals surface area contributed by atoms with Crippen molar-refractivity contribution >= 4 is 22.6 Å². The standard InChI is InChI=1S/C6H10FNO5S.CH2O2/c1-13-4(9)6(8)2-5(6,7)3-14(10,11)12;2-1-3/h2-3,8H2,1H3,(H,10,11,12);1H,(H,2,3)/t5-,6-;/m1./s1. The Balaban J connectivity index is 0.000000770. The smallest absolute Gasteiger partial charge is 0.329 e. The molecule has 1 aliphatic carbocycles. The number of carboxylic acid groups (broad SMARTS) is 1. The molecule has 10 heteroatoms. The zero-order valence-corrected chi connectivity index (χ0v) is 9.61. The van der Waals surface area contributed by atoms with Gasteiger partial charge in [-0.25, -0.2) is 9.18 Å². The van der Waals surface area contributed by atoms with Gasteiger partial charge in [0.15, 0.2) is 11.2 Å². The molecule has 0 heterocycles. The maximum absolute atomic E-state index is 13.5. The predicted molar refractivity (Wildman–Crippen MR) is 52.5 cm³/mol. The van der Waals surface area contributed by atoms with E-state index in [0.717, 1.165) is 7.11 Å². The van der Waals surface area contributed by atoms with Crippen LogP contribution in [0.1, 0.15) is 6.42 Å². The molecule has 0 saturated heterocycles. The molecule has 0 unspecified atom stereocenters. The average Bonchev–Trinajstić information content (AvgIpc) is 2.66. The largest absolute Gasteiger partial charge is 0.483 e. The van der Waals surface area contributed by atoms with E-state index in [1.54, 1.807) is 0 Å². The van der Waals surface area contributed by atoms with Crippen molar-refractivity contribution in [3.63, 3.8) is 0 Å². The van der Waals surface area contributed by atoms with Crippen molar-refractivity contribution < 1.29 is 36.8 Å². The monoisotopic (exact) mass is 273 g/mol. The molecule has 0 aromatic carbocycles. The number of carbonyl (C=O) groups is 2. The van der Waals surface area contributed by atoms with Gasteiger partial charge in [-0.2, -0.15) is 8.42 Å². The van der Waals surface area contributed by atoms with Crippen LogP contribution in [0.4, 0.5) is 4.39 Å². The van der Waals surface area contributed by atoms with E-state index in [4.69, 9.17) is 20.2 Å². The molecule has 0 radical (unpaired) electrons. The van der Waals surface area contributed by atoms with Crippen LogP contribution in [0.2, 0.25) is 0 Å². The Kier molecular flexibility index (Phi) is 4.57. The van der Waals surface area contributed by atoms with E-state index in [0.29, 0.717) is 0 Å². The highest BCUT2D eigenvalue weighted by atomic mass is 32.2. The molecule has 0 aromatic heterocycles. The molecule has 1 rings (SSSR count). The van der Waals surface area contributed by atoms with Crippen LogP contribution in [-0.2, 0) is 24.4 Å². The summed E-state index contributed by atoms with van der Waals surface area (Å²) in [6.07, 6.45) is -0.466. The van der Waals surface area contributed by atoms with Gasteiger partial charge in [-0.3, -0.25) is 9.35 Å². The lowest BCUT2D eigenvalue weighted by molar-refractivity contribution is -0.144. The summed E-state index contributed by atoms with van der Waals surface area (Å²) in [5.74, 6) is -2.21. The minimum Gasteiger partial charge on any atom is -0.483 e. The summed E-state index contributed by atoms with van der Waals surface area (Å²) in [6.45, 7) is -0.250. The second-order valence-electron chi connectivity index (χ2n) is 3.44. The van der Waals surface area contributed by atoms with Gasteiger partial charge in [0.2, 0.25) is 0 Å². The molecule has 2 atom stereocenters. The highest BCUT2D eigenvalue weighted by Crippen LogP contribution is 2.50. The third-order valence-corrected chi connectivity index (χ3v) is 3.02. The number of halogens is 1. The van der Waals surface area contributed by atoms with E-state index >= 15 is 0 Å². The zero-order valence-electron chi connectivity index (χ0n) is 8.79. The summed E-state index contributed by atoms with van der Waals surface area (Å²) in [6, 6.07) is 0. The highest BCUT2D eigenvalue weighted by molar-refractivity contribution is 7.85. The number of hydrogen-bond donors (Lipinski definition) is 3. The topological polar surface area (TPSA) is 144 Å². The number of alkyl halides is 1. The normalized spacial score (nSPS) is 30.8. The van der Waals surface area contributed by atoms with E-state index < -0.39 is 39.5 Å². The van der Waals surface area contributed by atoms with Crippen molar-refractivity contribution in [2.45, 2.75) is 17.6 Å². The van der Waals surface area contributed by atoms with Gasteiger partial charge in [0.1, 0.15) is 5.75 Å². The summed E-state index contributed by atoms with van der Waals surface area (Å²) >= 11 is 0. The van der Waals surface area contributed by atoms with Crippen LogP contribution in [0.15, 0.2) is 0 Å². The maximum Gasteiger partial charge on any atom is 0.329 e. The van der Waals surface area contributed by atoms with Gasteiger partial charge in [-0.05, 0) is 0 Å². The second-order valence-corrected chi connectivity index (χ2v) is 4.89. The molecule has 1 saturated carbocycles. The van der Waals surface area contributed by atoms with Gasteiger partial charge in [-0.15, -0.1) is 0 Å². The van der Waals surface area contributed by atoms with Crippen LogP contribution in [-0.4, -0.2) is 54.6 Å². The Morgan fingerprint density at radius 2 is 2.06 bits per heavy atom. The Labute approximate surface area is 96.3 Å². The predicted octanol–water partition coefficient (Wildman–Crippen LogP) is -1.44. The molecular formula is C7H12FNO7S. The molecule has 0 aromatic rings. The Bertz CT molecular complexity index is 410. The summed E-state index contributed by atoms with van der Waals surface area (Å²) in [7, 11) is -3.48. The molecule has 100 valence electrons. The fourth-order valence-electron chi connectivity index (χ4n) is 1.30. The summed E-state index contributed by atoms with van der Waals surface area (Å²) in [5, 5.41) is 6.89. The second kappa shape index (κ2) is 4.94. The molecule has 0 aliphatic heterocycles. The number of nitrogens with two attached hydrogens (primary N) is 1. The maximum atomic E-state index is 13.5. The lowest BCUT2D eigenvalue weighted by Gasteiger charge is -2.11. The minimum absolute atomic E-state index is 0.250. The number of hydrogen-bond acceptors (Lipinski definition) is 6. The minimum atomic E-state index is -4.49. The Morgan fingerprint density at radius 1 is 1.65 bits per heavy atom. The number of ether oxygens (including phenoxy) is 1. The quantitative estimate of drug-likeness (QED) is 0.322. The summed E-state index contributed by atoms with van der Waals surface area (Å²) < 4.78 is 46.9. The molecule has 0 bridgehead atoms. The first-order valence-electron chi connectivity index (χ1n) is 4.15. The third kappa shape index (κ3) is 3.61. The zero-order chi connectivity index (χ0) is 13.9. The summed E-state index contributed by atoms with van der Waals surface area (Å²) in [4.78, 5) is 19.3. The van der Waals surface area contributed by atoms with Gasteiger partial charge in [-0.1, -0.05) is 0 Å². The molecule has 4 N–H and O–H groups in total. The van der Waals surface area contributed by atoms with E-state index in [2.05, 4.69) is 4.74 Å².